The van der Waals surface area contributed by atoms with E-state index in [4.69, 9.17) is 11.5 Å². The Morgan fingerprint density at radius 1 is 1.21 bits per heavy atom. The second-order valence-corrected chi connectivity index (χ2v) is 4.08. The Balaban J connectivity index is 2.34. The maximum Gasteiger partial charge on any atom is 0.164 e. The van der Waals surface area contributed by atoms with Gasteiger partial charge in [0.05, 0.1) is 11.4 Å². The molecule has 4 nitrogen and oxygen atoms in total. The van der Waals surface area contributed by atoms with Gasteiger partial charge in [0.25, 0.3) is 0 Å². The molecule has 1 aromatic rings. The molecule has 4 heteroatoms. The van der Waals surface area contributed by atoms with Crippen LogP contribution in [-0.2, 0) is 0 Å². The maximum atomic E-state index is 6.14. The Morgan fingerprint density at radius 3 is 2.50 bits per heavy atom. The van der Waals surface area contributed by atoms with E-state index in [-0.39, 0.29) is 5.92 Å². The van der Waals surface area contributed by atoms with E-state index in [0.29, 0.717) is 0 Å². The number of fused-ring (bicyclic) bond motifs is 1. The lowest BCUT2D eigenvalue weighted by Gasteiger charge is -2.29. The standard InChI is InChI=1S/C10H16N4/c1-6(2)10(12)13-8-4-3-7(11)5-9(8)14-10/h3-6,13-14H,11-12H2,1-2H3. The third kappa shape index (κ3) is 1.28. The number of benzene rings is 1. The van der Waals surface area contributed by atoms with Crippen LogP contribution in [0, 0.1) is 5.92 Å². The van der Waals surface area contributed by atoms with Crippen molar-refractivity contribution in [3.63, 3.8) is 0 Å². The van der Waals surface area contributed by atoms with Gasteiger partial charge in [-0.05, 0) is 18.2 Å². The molecule has 1 aliphatic rings. The van der Waals surface area contributed by atoms with Crippen LogP contribution < -0.4 is 22.1 Å². The van der Waals surface area contributed by atoms with Crippen LogP contribution in [0.25, 0.3) is 0 Å². The molecule has 1 aromatic carbocycles. The minimum Gasteiger partial charge on any atom is -0.399 e. The molecular formula is C10H16N4. The zero-order valence-corrected chi connectivity index (χ0v) is 8.46. The van der Waals surface area contributed by atoms with Crippen LogP contribution in [0.5, 0.6) is 0 Å². The van der Waals surface area contributed by atoms with Gasteiger partial charge in [0.15, 0.2) is 5.79 Å². The summed E-state index contributed by atoms with van der Waals surface area (Å²) in [7, 11) is 0. The van der Waals surface area contributed by atoms with Crippen LogP contribution in [0.2, 0.25) is 0 Å². The monoisotopic (exact) mass is 192 g/mol. The lowest BCUT2D eigenvalue weighted by molar-refractivity contribution is 0.409. The summed E-state index contributed by atoms with van der Waals surface area (Å²) >= 11 is 0. The summed E-state index contributed by atoms with van der Waals surface area (Å²) in [4.78, 5) is 0. The molecule has 1 unspecified atom stereocenters. The fourth-order valence-corrected chi connectivity index (χ4v) is 1.54. The molecule has 76 valence electrons. The van der Waals surface area contributed by atoms with E-state index in [0.717, 1.165) is 17.1 Å². The molecule has 2 rings (SSSR count). The summed E-state index contributed by atoms with van der Waals surface area (Å²) in [6, 6.07) is 5.69. The normalized spacial score (nSPS) is 24.3. The van der Waals surface area contributed by atoms with Gasteiger partial charge in [-0.3, -0.25) is 5.73 Å². The molecular weight excluding hydrogens is 176 g/mol. The predicted octanol–water partition coefficient (Wildman–Crippen LogP) is 1.37. The van der Waals surface area contributed by atoms with Gasteiger partial charge in [0.2, 0.25) is 0 Å². The number of anilines is 3. The topological polar surface area (TPSA) is 76.1 Å². The Kier molecular flexibility index (Phi) is 1.82. The van der Waals surface area contributed by atoms with Crippen LogP contribution in [0.15, 0.2) is 18.2 Å². The summed E-state index contributed by atoms with van der Waals surface area (Å²) in [5.41, 5.74) is 14.6. The molecule has 0 amide bonds. The van der Waals surface area contributed by atoms with Crippen LogP contribution in [0.3, 0.4) is 0 Å². The average molecular weight is 192 g/mol. The zero-order chi connectivity index (χ0) is 10.3. The van der Waals surface area contributed by atoms with E-state index in [2.05, 4.69) is 24.5 Å². The molecule has 0 aliphatic carbocycles. The van der Waals surface area contributed by atoms with Gasteiger partial charge in [-0.25, -0.2) is 0 Å². The highest BCUT2D eigenvalue weighted by Gasteiger charge is 2.34. The van der Waals surface area contributed by atoms with E-state index in [1.54, 1.807) is 0 Å². The van der Waals surface area contributed by atoms with Crippen molar-refractivity contribution < 1.29 is 0 Å². The number of rotatable bonds is 1. The second kappa shape index (κ2) is 2.78. The highest BCUT2D eigenvalue weighted by atomic mass is 15.3. The van der Waals surface area contributed by atoms with Crippen LogP contribution in [0.1, 0.15) is 13.8 Å². The fraction of sp³-hybridized carbons (Fsp3) is 0.400. The van der Waals surface area contributed by atoms with Crippen molar-refractivity contribution in [1.29, 1.82) is 0 Å². The van der Waals surface area contributed by atoms with Crippen molar-refractivity contribution >= 4 is 17.1 Å². The largest absolute Gasteiger partial charge is 0.399 e. The van der Waals surface area contributed by atoms with Gasteiger partial charge in [0.1, 0.15) is 0 Å². The molecule has 0 radical (unpaired) electrons. The fourth-order valence-electron chi connectivity index (χ4n) is 1.54. The van der Waals surface area contributed by atoms with Crippen LogP contribution >= 0.6 is 0 Å². The lowest BCUT2D eigenvalue weighted by atomic mass is 10.1. The smallest absolute Gasteiger partial charge is 0.164 e. The zero-order valence-electron chi connectivity index (χ0n) is 8.46. The van der Waals surface area contributed by atoms with Crippen LogP contribution in [-0.4, -0.2) is 5.79 Å². The molecule has 0 spiro atoms. The molecule has 0 fully saturated rings. The van der Waals surface area contributed by atoms with E-state index in [1.807, 2.05) is 18.2 Å². The quantitative estimate of drug-likeness (QED) is 0.507. The summed E-state index contributed by atoms with van der Waals surface area (Å²) in [6.45, 7) is 4.13. The summed E-state index contributed by atoms with van der Waals surface area (Å²) < 4.78 is 0. The van der Waals surface area contributed by atoms with Gasteiger partial charge in [-0.2, -0.15) is 0 Å². The van der Waals surface area contributed by atoms with Crippen molar-refractivity contribution in [2.24, 2.45) is 11.7 Å². The van der Waals surface area contributed by atoms with E-state index in [1.165, 1.54) is 0 Å². The lowest BCUT2D eigenvalue weighted by Crippen LogP contribution is -2.55. The molecule has 1 heterocycles. The Hall–Kier alpha value is -1.42. The van der Waals surface area contributed by atoms with E-state index < -0.39 is 5.79 Å². The van der Waals surface area contributed by atoms with Gasteiger partial charge in [-0.1, -0.05) is 13.8 Å². The SMILES string of the molecule is CC(C)C1(N)Nc2ccc(N)cc2N1. The van der Waals surface area contributed by atoms with E-state index >= 15 is 0 Å². The third-order valence-corrected chi connectivity index (χ3v) is 2.64. The Morgan fingerprint density at radius 2 is 1.86 bits per heavy atom. The molecule has 0 bridgehead atoms. The first-order chi connectivity index (χ1) is 6.51. The van der Waals surface area contributed by atoms with Crippen molar-refractivity contribution in [2.75, 3.05) is 16.4 Å². The molecule has 0 aromatic heterocycles. The van der Waals surface area contributed by atoms with E-state index in [9.17, 15) is 0 Å². The van der Waals surface area contributed by atoms with Gasteiger partial charge in [-0.15, -0.1) is 0 Å². The first kappa shape index (κ1) is 9.15. The minimum absolute atomic E-state index is 0.288. The highest BCUT2D eigenvalue weighted by Crippen LogP contribution is 2.35. The van der Waals surface area contributed by atoms with Gasteiger partial charge >= 0.3 is 0 Å². The van der Waals surface area contributed by atoms with Crippen molar-refractivity contribution in [2.45, 2.75) is 19.6 Å². The van der Waals surface area contributed by atoms with Gasteiger partial charge in [0, 0.05) is 11.6 Å². The third-order valence-electron chi connectivity index (χ3n) is 2.64. The summed E-state index contributed by atoms with van der Waals surface area (Å²) in [6.07, 6.45) is 0. The Bertz CT molecular complexity index is 361. The van der Waals surface area contributed by atoms with Gasteiger partial charge < -0.3 is 16.4 Å². The first-order valence-corrected chi connectivity index (χ1v) is 4.76. The minimum atomic E-state index is -0.559. The number of hydrogen-bond acceptors (Lipinski definition) is 4. The average Bonchev–Trinajstić information content (AvgIpc) is 2.42. The number of nitrogen functional groups attached to an aromatic ring is 1. The summed E-state index contributed by atoms with van der Waals surface area (Å²) in [5.74, 6) is -0.271. The van der Waals surface area contributed by atoms with Crippen LogP contribution in [0.4, 0.5) is 17.1 Å². The van der Waals surface area contributed by atoms with Crippen molar-refractivity contribution in [3.8, 4) is 0 Å². The molecule has 1 atom stereocenters. The second-order valence-electron chi connectivity index (χ2n) is 4.08. The maximum absolute atomic E-state index is 6.14. The predicted molar refractivity (Wildman–Crippen MR) is 59.9 cm³/mol. The molecule has 0 saturated heterocycles. The number of nitrogens with two attached hydrogens (primary N) is 2. The number of hydrogen-bond donors (Lipinski definition) is 4. The molecule has 6 N–H and O–H groups in total. The highest BCUT2D eigenvalue weighted by molar-refractivity contribution is 5.79. The summed E-state index contributed by atoms with van der Waals surface area (Å²) in [5, 5.41) is 6.49. The van der Waals surface area contributed by atoms with Crippen molar-refractivity contribution in [1.82, 2.24) is 0 Å². The molecule has 0 saturated carbocycles. The van der Waals surface area contributed by atoms with Crippen molar-refractivity contribution in [3.05, 3.63) is 18.2 Å². The molecule has 1 aliphatic heterocycles. The Labute approximate surface area is 83.7 Å². The number of nitrogens with one attached hydrogen (secondary N) is 2. The first-order valence-electron chi connectivity index (χ1n) is 4.76. The molecule has 14 heavy (non-hydrogen) atoms.